The highest BCUT2D eigenvalue weighted by Gasteiger charge is 2.23. The zero-order valence-electron chi connectivity index (χ0n) is 12.7. The summed E-state index contributed by atoms with van der Waals surface area (Å²) in [5.41, 5.74) is 0. The zero-order valence-corrected chi connectivity index (χ0v) is 13.5. The van der Waals surface area contributed by atoms with Gasteiger partial charge in [0.1, 0.15) is 0 Å². The van der Waals surface area contributed by atoms with Crippen LogP contribution in [-0.4, -0.2) is 44.2 Å². The maximum Gasteiger partial charge on any atom is 0.215 e. The van der Waals surface area contributed by atoms with Crippen LogP contribution in [0.1, 0.15) is 41.5 Å². The van der Waals surface area contributed by atoms with E-state index in [9.17, 15) is 8.42 Å². The Labute approximate surface area is 113 Å². The van der Waals surface area contributed by atoms with Gasteiger partial charge in [0.15, 0.2) is 0 Å². The topological polar surface area (TPSA) is 49.4 Å². The molecule has 0 saturated carbocycles. The van der Waals surface area contributed by atoms with Crippen molar-refractivity contribution in [2.75, 3.05) is 25.4 Å². The minimum absolute atomic E-state index is 0.185. The largest absolute Gasteiger partial charge is 0.313 e. The Morgan fingerprint density at radius 3 is 1.72 bits per heavy atom. The van der Waals surface area contributed by atoms with Crippen molar-refractivity contribution in [3.63, 3.8) is 0 Å². The molecule has 0 amide bonds. The predicted molar refractivity (Wildman–Crippen MR) is 78.2 cm³/mol. The second kappa shape index (κ2) is 8.12. The van der Waals surface area contributed by atoms with Gasteiger partial charge in [0.25, 0.3) is 0 Å². The normalized spacial score (nSPS) is 13.2. The second-order valence-corrected chi connectivity index (χ2v) is 8.12. The molecule has 0 fully saturated rings. The molecule has 0 spiro atoms. The summed E-state index contributed by atoms with van der Waals surface area (Å²) in [4.78, 5) is 0. The van der Waals surface area contributed by atoms with Crippen molar-refractivity contribution >= 4 is 10.0 Å². The fourth-order valence-electron chi connectivity index (χ4n) is 1.72. The number of hydrogen-bond donors (Lipinski definition) is 1. The molecule has 0 rings (SSSR count). The number of nitrogens with zero attached hydrogens (tertiary/aromatic N) is 1. The van der Waals surface area contributed by atoms with Crippen LogP contribution >= 0.6 is 0 Å². The number of rotatable bonds is 9. The first-order chi connectivity index (χ1) is 8.15. The highest BCUT2D eigenvalue weighted by atomic mass is 32.2. The van der Waals surface area contributed by atoms with Gasteiger partial charge in [-0.2, -0.15) is 0 Å². The summed E-state index contributed by atoms with van der Waals surface area (Å²) in [5, 5.41) is 3.16. The quantitative estimate of drug-likeness (QED) is 0.701. The lowest BCUT2D eigenvalue weighted by Gasteiger charge is -2.25. The Kier molecular flexibility index (Phi) is 8.06. The van der Waals surface area contributed by atoms with Crippen LogP contribution in [0.25, 0.3) is 0 Å². The second-order valence-electron chi connectivity index (χ2n) is 6.03. The molecule has 1 N–H and O–H groups in total. The summed E-state index contributed by atoms with van der Waals surface area (Å²) in [6.07, 6.45) is 0. The van der Waals surface area contributed by atoms with Gasteiger partial charge in [-0.25, -0.2) is 12.7 Å². The summed E-state index contributed by atoms with van der Waals surface area (Å²) >= 11 is 0. The predicted octanol–water partition coefficient (Wildman–Crippen LogP) is 1.93. The summed E-state index contributed by atoms with van der Waals surface area (Å²) in [7, 11) is -3.14. The van der Waals surface area contributed by atoms with Crippen LogP contribution < -0.4 is 5.32 Å². The average Bonchev–Trinajstić information content (AvgIpc) is 2.13. The molecule has 0 aliphatic heterocycles. The number of hydrogen-bond acceptors (Lipinski definition) is 3. The van der Waals surface area contributed by atoms with E-state index in [0.717, 1.165) is 0 Å². The molecule has 5 heteroatoms. The third kappa shape index (κ3) is 8.06. The molecule has 18 heavy (non-hydrogen) atoms. The molecule has 0 unspecified atom stereocenters. The van der Waals surface area contributed by atoms with E-state index in [4.69, 9.17) is 0 Å². The third-order valence-corrected chi connectivity index (χ3v) is 4.25. The van der Waals surface area contributed by atoms with Crippen molar-refractivity contribution in [3.05, 3.63) is 0 Å². The molecule has 0 radical (unpaired) electrons. The molecular weight excluding hydrogens is 248 g/mol. The highest BCUT2D eigenvalue weighted by molar-refractivity contribution is 7.89. The Hall–Kier alpha value is -0.130. The van der Waals surface area contributed by atoms with E-state index >= 15 is 0 Å². The molecule has 4 nitrogen and oxygen atoms in total. The first kappa shape index (κ1) is 17.9. The molecule has 110 valence electrons. The van der Waals surface area contributed by atoms with Gasteiger partial charge in [-0.1, -0.05) is 41.5 Å². The molecule has 0 heterocycles. The lowest BCUT2D eigenvalue weighted by Crippen LogP contribution is -2.41. The number of nitrogens with one attached hydrogen (secondary N) is 1. The van der Waals surface area contributed by atoms with Crippen molar-refractivity contribution in [2.24, 2.45) is 11.8 Å². The molecule has 0 aliphatic carbocycles. The van der Waals surface area contributed by atoms with Crippen molar-refractivity contribution in [2.45, 2.75) is 47.6 Å². The standard InChI is InChI=1S/C13H30N2O2S/c1-11(2)9-15(10-12(3)4)18(16,17)8-7-14-13(5)6/h11-14H,7-10H2,1-6H3. The molecule has 0 aliphatic rings. The zero-order chi connectivity index (χ0) is 14.3. The Balaban J connectivity index is 4.54. The maximum absolute atomic E-state index is 12.3. The van der Waals surface area contributed by atoms with Gasteiger partial charge in [-0.3, -0.25) is 0 Å². The summed E-state index contributed by atoms with van der Waals surface area (Å²) in [6.45, 7) is 14.0. The third-order valence-electron chi connectivity index (χ3n) is 2.44. The van der Waals surface area contributed by atoms with Crippen LogP contribution in [0.3, 0.4) is 0 Å². The molecule has 0 saturated heterocycles. The van der Waals surface area contributed by atoms with Crippen LogP contribution in [0.2, 0.25) is 0 Å². The van der Waals surface area contributed by atoms with Gasteiger partial charge < -0.3 is 5.32 Å². The summed E-state index contributed by atoms with van der Waals surface area (Å²) in [5.74, 6) is 0.901. The maximum atomic E-state index is 12.3. The van der Waals surface area contributed by atoms with E-state index in [0.29, 0.717) is 37.5 Å². The van der Waals surface area contributed by atoms with Crippen LogP contribution in [0.15, 0.2) is 0 Å². The Morgan fingerprint density at radius 1 is 0.944 bits per heavy atom. The fraction of sp³-hybridized carbons (Fsp3) is 1.00. The van der Waals surface area contributed by atoms with Gasteiger partial charge in [-0.15, -0.1) is 0 Å². The van der Waals surface area contributed by atoms with Crippen LogP contribution in [0, 0.1) is 11.8 Å². The van der Waals surface area contributed by atoms with E-state index < -0.39 is 10.0 Å². The minimum Gasteiger partial charge on any atom is -0.313 e. The fourth-order valence-corrected chi connectivity index (χ4v) is 3.41. The highest BCUT2D eigenvalue weighted by Crippen LogP contribution is 2.09. The van der Waals surface area contributed by atoms with Gasteiger partial charge in [0, 0.05) is 25.7 Å². The summed E-state index contributed by atoms with van der Waals surface area (Å²) in [6, 6.07) is 0.323. The first-order valence-corrected chi connectivity index (χ1v) is 8.47. The van der Waals surface area contributed by atoms with E-state index in [2.05, 4.69) is 33.0 Å². The van der Waals surface area contributed by atoms with E-state index in [1.807, 2.05) is 13.8 Å². The van der Waals surface area contributed by atoms with Crippen molar-refractivity contribution in [1.29, 1.82) is 0 Å². The van der Waals surface area contributed by atoms with Crippen molar-refractivity contribution < 1.29 is 8.42 Å². The van der Waals surface area contributed by atoms with Gasteiger partial charge >= 0.3 is 0 Å². The van der Waals surface area contributed by atoms with Crippen LogP contribution in [-0.2, 0) is 10.0 Å². The lowest BCUT2D eigenvalue weighted by molar-refractivity contribution is 0.333. The molecular formula is C13H30N2O2S. The number of sulfonamides is 1. The van der Waals surface area contributed by atoms with Gasteiger partial charge in [0.05, 0.1) is 5.75 Å². The Morgan fingerprint density at radius 2 is 1.39 bits per heavy atom. The van der Waals surface area contributed by atoms with Gasteiger partial charge in [-0.05, 0) is 11.8 Å². The molecule has 0 atom stereocenters. The lowest BCUT2D eigenvalue weighted by atomic mass is 10.2. The van der Waals surface area contributed by atoms with Gasteiger partial charge in [0.2, 0.25) is 10.0 Å². The average molecular weight is 278 g/mol. The van der Waals surface area contributed by atoms with Crippen molar-refractivity contribution in [3.8, 4) is 0 Å². The minimum atomic E-state index is -3.14. The van der Waals surface area contributed by atoms with E-state index in [1.54, 1.807) is 4.31 Å². The van der Waals surface area contributed by atoms with Crippen LogP contribution in [0.5, 0.6) is 0 Å². The summed E-state index contributed by atoms with van der Waals surface area (Å²) < 4.78 is 26.2. The van der Waals surface area contributed by atoms with E-state index in [1.165, 1.54) is 0 Å². The molecule has 0 aromatic carbocycles. The molecule has 0 aromatic rings. The van der Waals surface area contributed by atoms with Crippen molar-refractivity contribution in [1.82, 2.24) is 9.62 Å². The monoisotopic (exact) mass is 278 g/mol. The van der Waals surface area contributed by atoms with E-state index in [-0.39, 0.29) is 5.75 Å². The first-order valence-electron chi connectivity index (χ1n) is 6.86. The Bertz CT molecular complexity index is 301. The molecule has 0 aromatic heterocycles. The SMILES string of the molecule is CC(C)CN(CC(C)C)S(=O)(=O)CCNC(C)C. The van der Waals surface area contributed by atoms with Crippen LogP contribution in [0.4, 0.5) is 0 Å². The smallest absolute Gasteiger partial charge is 0.215 e. The molecule has 0 bridgehead atoms.